The summed E-state index contributed by atoms with van der Waals surface area (Å²) in [6, 6.07) is 15.9. The van der Waals surface area contributed by atoms with Gasteiger partial charge in [0.2, 0.25) is 10.0 Å². The van der Waals surface area contributed by atoms with Gasteiger partial charge in [-0.2, -0.15) is 0 Å². The molecule has 27 heavy (non-hydrogen) atoms. The Morgan fingerprint density at radius 2 is 1.67 bits per heavy atom. The third-order valence-electron chi connectivity index (χ3n) is 3.58. The average molecular weight is 390 g/mol. The smallest absolute Gasteiger partial charge is 0.340 e. The number of rotatable bonds is 9. The number of carbonyl (C=O) groups excluding carboxylic acids is 2. The lowest BCUT2D eigenvalue weighted by Gasteiger charge is -2.10. The number of benzene rings is 2. The van der Waals surface area contributed by atoms with E-state index >= 15 is 0 Å². The first-order chi connectivity index (χ1) is 12.8. The number of carbonyl (C=O) groups is 2. The van der Waals surface area contributed by atoms with Gasteiger partial charge in [0.25, 0.3) is 5.91 Å². The van der Waals surface area contributed by atoms with Crippen LogP contribution in [0.3, 0.4) is 0 Å². The molecule has 0 saturated heterocycles. The van der Waals surface area contributed by atoms with Crippen molar-refractivity contribution in [3.63, 3.8) is 0 Å². The molecule has 0 fully saturated rings. The SMILES string of the molecule is CS(=O)(=O)Nc1ccccc1C(=O)OCC(=O)NCCCc1ccccc1. The highest BCUT2D eigenvalue weighted by atomic mass is 32.2. The molecule has 0 unspecified atom stereocenters. The minimum absolute atomic E-state index is 0.0415. The van der Waals surface area contributed by atoms with E-state index in [4.69, 9.17) is 4.74 Å². The number of anilines is 1. The molecule has 7 nitrogen and oxygen atoms in total. The number of ether oxygens (including phenoxy) is 1. The number of amides is 1. The van der Waals surface area contributed by atoms with E-state index in [0.717, 1.165) is 19.1 Å². The third-order valence-corrected chi connectivity index (χ3v) is 4.17. The maximum absolute atomic E-state index is 12.1. The molecule has 0 saturated carbocycles. The van der Waals surface area contributed by atoms with Gasteiger partial charge in [-0.25, -0.2) is 13.2 Å². The fourth-order valence-electron chi connectivity index (χ4n) is 2.37. The average Bonchev–Trinajstić information content (AvgIpc) is 2.63. The zero-order valence-corrected chi connectivity index (χ0v) is 15.8. The van der Waals surface area contributed by atoms with E-state index in [9.17, 15) is 18.0 Å². The highest BCUT2D eigenvalue weighted by Crippen LogP contribution is 2.17. The number of hydrogen-bond donors (Lipinski definition) is 2. The normalized spacial score (nSPS) is 10.9. The zero-order valence-electron chi connectivity index (χ0n) is 15.0. The Hall–Kier alpha value is -2.87. The number of para-hydroxylation sites is 1. The predicted octanol–water partition coefficient (Wildman–Crippen LogP) is 1.96. The van der Waals surface area contributed by atoms with Crippen molar-refractivity contribution in [1.29, 1.82) is 0 Å². The second kappa shape index (κ2) is 9.72. The lowest BCUT2D eigenvalue weighted by Crippen LogP contribution is -2.30. The summed E-state index contributed by atoms with van der Waals surface area (Å²) in [7, 11) is -3.54. The second-order valence-corrected chi connectivity index (χ2v) is 7.68. The maximum atomic E-state index is 12.1. The second-order valence-electron chi connectivity index (χ2n) is 5.94. The summed E-state index contributed by atoms with van der Waals surface area (Å²) < 4.78 is 29.9. The summed E-state index contributed by atoms with van der Waals surface area (Å²) in [5.74, 6) is -1.19. The van der Waals surface area contributed by atoms with Crippen molar-refractivity contribution in [3.05, 3.63) is 65.7 Å². The van der Waals surface area contributed by atoms with Crippen molar-refractivity contribution < 1.29 is 22.7 Å². The van der Waals surface area contributed by atoms with Crippen molar-refractivity contribution in [1.82, 2.24) is 5.32 Å². The van der Waals surface area contributed by atoms with Crippen LogP contribution in [0.1, 0.15) is 22.3 Å². The first kappa shape index (κ1) is 20.4. The summed E-state index contributed by atoms with van der Waals surface area (Å²) in [4.78, 5) is 23.9. The van der Waals surface area contributed by atoms with E-state index in [1.54, 1.807) is 12.1 Å². The maximum Gasteiger partial charge on any atom is 0.340 e. The van der Waals surface area contributed by atoms with Crippen LogP contribution in [0.5, 0.6) is 0 Å². The molecule has 0 aliphatic heterocycles. The molecule has 1 amide bonds. The molecule has 2 N–H and O–H groups in total. The molecule has 0 bridgehead atoms. The molecular formula is C19H22N2O5S. The summed E-state index contributed by atoms with van der Waals surface area (Å²) in [5, 5.41) is 2.68. The number of aryl methyl sites for hydroxylation is 1. The van der Waals surface area contributed by atoms with Crippen LogP contribution in [0.4, 0.5) is 5.69 Å². The first-order valence-corrected chi connectivity index (χ1v) is 10.3. The van der Waals surface area contributed by atoms with E-state index < -0.39 is 28.5 Å². The molecule has 0 atom stereocenters. The van der Waals surface area contributed by atoms with Crippen LogP contribution in [-0.2, 0) is 26.0 Å². The van der Waals surface area contributed by atoms with Gasteiger partial charge in [0.15, 0.2) is 6.61 Å². The van der Waals surface area contributed by atoms with E-state index in [1.807, 2.05) is 30.3 Å². The van der Waals surface area contributed by atoms with Gasteiger partial charge in [-0.3, -0.25) is 9.52 Å². The molecule has 144 valence electrons. The van der Waals surface area contributed by atoms with Crippen LogP contribution in [0.2, 0.25) is 0 Å². The summed E-state index contributed by atoms with van der Waals surface area (Å²) >= 11 is 0. The van der Waals surface area contributed by atoms with Crippen molar-refractivity contribution in [2.45, 2.75) is 12.8 Å². The predicted molar refractivity (Wildman–Crippen MR) is 103 cm³/mol. The van der Waals surface area contributed by atoms with Gasteiger partial charge in [-0.15, -0.1) is 0 Å². The Morgan fingerprint density at radius 1 is 1.00 bits per heavy atom. The van der Waals surface area contributed by atoms with Crippen LogP contribution in [0, 0.1) is 0 Å². The summed E-state index contributed by atoms with van der Waals surface area (Å²) in [5.41, 5.74) is 1.33. The molecule has 2 aromatic carbocycles. The minimum Gasteiger partial charge on any atom is -0.452 e. The molecule has 0 aromatic heterocycles. The van der Waals surface area contributed by atoms with E-state index in [-0.39, 0.29) is 11.3 Å². The lowest BCUT2D eigenvalue weighted by atomic mass is 10.1. The summed E-state index contributed by atoms with van der Waals surface area (Å²) in [6.45, 7) is 0.0366. The Labute approximate surface area is 158 Å². The molecular weight excluding hydrogens is 368 g/mol. The Morgan fingerprint density at radius 3 is 2.37 bits per heavy atom. The number of sulfonamides is 1. The molecule has 0 radical (unpaired) electrons. The largest absolute Gasteiger partial charge is 0.452 e. The van der Waals surface area contributed by atoms with E-state index in [1.165, 1.54) is 17.7 Å². The van der Waals surface area contributed by atoms with Crippen LogP contribution >= 0.6 is 0 Å². The van der Waals surface area contributed by atoms with Gasteiger partial charge in [0, 0.05) is 6.54 Å². The van der Waals surface area contributed by atoms with Gasteiger partial charge in [-0.1, -0.05) is 42.5 Å². The Bertz CT molecular complexity index is 882. The Balaban J connectivity index is 1.77. The van der Waals surface area contributed by atoms with E-state index in [2.05, 4.69) is 10.0 Å². The molecule has 0 heterocycles. The molecule has 2 aromatic rings. The molecule has 8 heteroatoms. The van der Waals surface area contributed by atoms with Crippen molar-refractivity contribution in [3.8, 4) is 0 Å². The van der Waals surface area contributed by atoms with Crippen LogP contribution in [-0.4, -0.2) is 39.7 Å². The van der Waals surface area contributed by atoms with Crippen molar-refractivity contribution >= 4 is 27.6 Å². The summed E-state index contributed by atoms with van der Waals surface area (Å²) in [6.07, 6.45) is 2.59. The van der Waals surface area contributed by atoms with Crippen molar-refractivity contribution in [2.24, 2.45) is 0 Å². The van der Waals surface area contributed by atoms with Crippen LogP contribution < -0.4 is 10.0 Å². The van der Waals surface area contributed by atoms with Gasteiger partial charge in [-0.05, 0) is 30.5 Å². The highest BCUT2D eigenvalue weighted by Gasteiger charge is 2.16. The minimum atomic E-state index is -3.54. The number of nitrogens with one attached hydrogen (secondary N) is 2. The molecule has 2 rings (SSSR count). The van der Waals surface area contributed by atoms with E-state index in [0.29, 0.717) is 6.54 Å². The number of hydrogen-bond acceptors (Lipinski definition) is 5. The monoisotopic (exact) mass is 390 g/mol. The lowest BCUT2D eigenvalue weighted by molar-refractivity contribution is -0.124. The first-order valence-electron chi connectivity index (χ1n) is 8.40. The van der Waals surface area contributed by atoms with Gasteiger partial charge >= 0.3 is 5.97 Å². The Kier molecular flexibility index (Phi) is 7.36. The quantitative estimate of drug-likeness (QED) is 0.503. The molecule has 0 aliphatic carbocycles. The fraction of sp³-hybridized carbons (Fsp3) is 0.263. The van der Waals surface area contributed by atoms with Gasteiger partial charge in [0.1, 0.15) is 0 Å². The van der Waals surface area contributed by atoms with Crippen LogP contribution in [0.25, 0.3) is 0 Å². The van der Waals surface area contributed by atoms with Crippen LogP contribution in [0.15, 0.2) is 54.6 Å². The standard InChI is InChI=1S/C19H22N2O5S/c1-27(24,25)21-17-12-6-5-11-16(17)19(23)26-14-18(22)20-13-7-10-15-8-3-2-4-9-15/h2-6,8-9,11-12,21H,7,10,13-14H2,1H3,(H,20,22). The van der Waals surface area contributed by atoms with Crippen molar-refractivity contribution in [2.75, 3.05) is 24.1 Å². The van der Waals surface area contributed by atoms with Gasteiger partial charge in [0.05, 0.1) is 17.5 Å². The number of esters is 1. The molecule has 0 aliphatic rings. The third kappa shape index (κ3) is 7.49. The highest BCUT2D eigenvalue weighted by molar-refractivity contribution is 7.92. The molecule has 0 spiro atoms. The topological polar surface area (TPSA) is 102 Å². The van der Waals surface area contributed by atoms with Gasteiger partial charge < -0.3 is 10.1 Å². The fourth-order valence-corrected chi connectivity index (χ4v) is 2.95. The zero-order chi connectivity index (χ0) is 19.7.